The molecule has 4 nitrogen and oxygen atoms in total. The second-order valence-corrected chi connectivity index (χ2v) is 9.25. The topological polar surface area (TPSA) is 58.4 Å². The van der Waals surface area contributed by atoms with E-state index in [9.17, 15) is 4.79 Å². The van der Waals surface area contributed by atoms with Gasteiger partial charge in [-0.1, -0.05) is 47.5 Å². The number of nitrogens with two attached hydrogens (primary N) is 1. The van der Waals surface area contributed by atoms with Gasteiger partial charge in [-0.25, -0.2) is 0 Å². The Kier molecular flexibility index (Phi) is 5.17. The number of nitrogens with zero attached hydrogens (tertiary/aromatic N) is 1. The summed E-state index contributed by atoms with van der Waals surface area (Å²) in [4.78, 5) is 15.0. The molecule has 0 saturated carbocycles. The minimum Gasteiger partial charge on any atom is -0.368 e. The monoisotopic (exact) mass is 417 g/mol. The molecule has 2 aromatic carbocycles. The minimum atomic E-state index is -0.654. The van der Waals surface area contributed by atoms with Gasteiger partial charge in [-0.2, -0.15) is 0 Å². The Morgan fingerprint density at radius 2 is 1.75 bits per heavy atom. The predicted molar refractivity (Wildman–Crippen MR) is 114 cm³/mol. The molecule has 0 bridgehead atoms. The van der Waals surface area contributed by atoms with Gasteiger partial charge in [0.1, 0.15) is 5.54 Å². The molecule has 28 heavy (non-hydrogen) atoms. The Hall–Kier alpha value is -1.59. The van der Waals surface area contributed by atoms with Crippen LogP contribution in [0.2, 0.25) is 10.0 Å². The number of amides is 1. The second-order valence-electron chi connectivity index (χ2n) is 8.38. The van der Waals surface area contributed by atoms with Gasteiger partial charge in [0.05, 0.1) is 0 Å². The molecule has 3 N–H and O–H groups in total. The van der Waals surface area contributed by atoms with Gasteiger partial charge in [-0.05, 0) is 48.2 Å². The molecule has 1 amide bonds. The lowest BCUT2D eigenvalue weighted by Gasteiger charge is -2.48. The lowest BCUT2D eigenvalue weighted by molar-refractivity contribution is -0.131. The van der Waals surface area contributed by atoms with E-state index in [1.54, 1.807) is 6.07 Å². The fraction of sp³-hybridized carbons (Fsp3) is 0.409. The number of primary amides is 1. The maximum Gasteiger partial charge on any atom is 0.238 e. The summed E-state index contributed by atoms with van der Waals surface area (Å²) in [5, 5.41) is 4.91. The van der Waals surface area contributed by atoms with E-state index < -0.39 is 5.54 Å². The van der Waals surface area contributed by atoms with Gasteiger partial charge in [0.2, 0.25) is 5.91 Å². The Balaban J connectivity index is 1.59. The van der Waals surface area contributed by atoms with E-state index in [1.807, 2.05) is 24.3 Å². The molecule has 1 aliphatic heterocycles. The van der Waals surface area contributed by atoms with Crippen molar-refractivity contribution in [1.82, 2.24) is 10.2 Å². The van der Waals surface area contributed by atoms with Crippen LogP contribution in [0.25, 0.3) is 0 Å². The molecule has 1 fully saturated rings. The fourth-order valence-corrected chi connectivity index (χ4v) is 5.42. The number of hydrogen-bond donors (Lipinski definition) is 2. The van der Waals surface area contributed by atoms with Crippen molar-refractivity contribution >= 4 is 29.1 Å². The van der Waals surface area contributed by atoms with Crippen LogP contribution in [0.4, 0.5) is 0 Å². The molecule has 148 valence electrons. The first-order valence-corrected chi connectivity index (χ1v) is 10.4. The Labute approximate surface area is 176 Å². The van der Waals surface area contributed by atoms with E-state index in [1.165, 1.54) is 11.1 Å². The van der Waals surface area contributed by atoms with Crippen LogP contribution >= 0.6 is 23.2 Å². The van der Waals surface area contributed by atoms with E-state index in [4.69, 9.17) is 28.9 Å². The van der Waals surface area contributed by atoms with Crippen molar-refractivity contribution in [3.8, 4) is 0 Å². The van der Waals surface area contributed by atoms with Crippen LogP contribution in [0.1, 0.15) is 23.6 Å². The molecule has 4 rings (SSSR count). The molecular weight excluding hydrogens is 393 g/mol. The zero-order valence-electron chi connectivity index (χ0n) is 16.0. The average Bonchev–Trinajstić information content (AvgIpc) is 3.01. The summed E-state index contributed by atoms with van der Waals surface area (Å²) in [6.45, 7) is 4.51. The first-order valence-electron chi connectivity index (χ1n) is 9.61. The van der Waals surface area contributed by atoms with Crippen LogP contribution in [0, 0.1) is 0 Å². The Morgan fingerprint density at radius 3 is 2.32 bits per heavy atom. The summed E-state index contributed by atoms with van der Waals surface area (Å²) in [6, 6.07) is 13.9. The molecule has 1 unspecified atom stereocenters. The summed E-state index contributed by atoms with van der Waals surface area (Å²) in [5.41, 5.74) is 8.66. The first kappa shape index (κ1) is 19.7. The van der Waals surface area contributed by atoms with Gasteiger partial charge in [0.15, 0.2) is 0 Å². The van der Waals surface area contributed by atoms with Gasteiger partial charge in [0.25, 0.3) is 0 Å². The summed E-state index contributed by atoms with van der Waals surface area (Å²) in [7, 11) is 0. The summed E-state index contributed by atoms with van der Waals surface area (Å²) >= 11 is 12.4. The van der Waals surface area contributed by atoms with E-state index >= 15 is 0 Å². The third-order valence-corrected chi connectivity index (χ3v) is 6.57. The van der Waals surface area contributed by atoms with Crippen LogP contribution < -0.4 is 11.1 Å². The number of halogens is 2. The molecule has 1 saturated heterocycles. The van der Waals surface area contributed by atoms with Crippen LogP contribution in [0.5, 0.6) is 0 Å². The zero-order valence-corrected chi connectivity index (χ0v) is 17.5. The molecular formula is C22H25Cl2N3O. The molecule has 1 heterocycles. The summed E-state index contributed by atoms with van der Waals surface area (Å²) in [6.07, 6.45) is 2.13. The van der Waals surface area contributed by atoms with E-state index in [0.717, 1.165) is 31.6 Å². The number of hydrogen-bond acceptors (Lipinski definition) is 3. The third kappa shape index (κ3) is 3.67. The van der Waals surface area contributed by atoms with Gasteiger partial charge < -0.3 is 11.1 Å². The molecule has 0 spiro atoms. The molecule has 2 aliphatic rings. The summed E-state index contributed by atoms with van der Waals surface area (Å²) < 4.78 is 0. The highest BCUT2D eigenvalue weighted by Crippen LogP contribution is 2.36. The highest BCUT2D eigenvalue weighted by molar-refractivity contribution is 6.34. The maximum atomic E-state index is 12.7. The lowest BCUT2D eigenvalue weighted by Crippen LogP contribution is -2.69. The highest BCUT2D eigenvalue weighted by atomic mass is 35.5. The number of rotatable bonds is 4. The quantitative estimate of drug-likeness (QED) is 0.802. The van der Waals surface area contributed by atoms with Crippen LogP contribution in [0.3, 0.4) is 0 Å². The Morgan fingerprint density at radius 1 is 1.14 bits per heavy atom. The SMILES string of the molecule is CC1(Cc2cc(Cl)cc(Cl)c2)CN(C2(C(N)=O)Cc3ccccc3C2)CCN1. The largest absolute Gasteiger partial charge is 0.368 e. The molecule has 1 atom stereocenters. The van der Waals surface area contributed by atoms with Crippen molar-refractivity contribution in [2.45, 2.75) is 37.3 Å². The zero-order chi connectivity index (χ0) is 19.9. The molecule has 1 aliphatic carbocycles. The molecule has 0 aromatic heterocycles. The maximum absolute atomic E-state index is 12.7. The summed E-state index contributed by atoms with van der Waals surface area (Å²) in [5.74, 6) is -0.237. The van der Waals surface area contributed by atoms with Crippen molar-refractivity contribution in [3.63, 3.8) is 0 Å². The average molecular weight is 418 g/mol. The van der Waals surface area contributed by atoms with E-state index in [-0.39, 0.29) is 11.4 Å². The number of carbonyl (C=O) groups is 1. The van der Waals surface area contributed by atoms with Crippen molar-refractivity contribution in [2.24, 2.45) is 5.73 Å². The smallest absolute Gasteiger partial charge is 0.238 e. The number of piperazine rings is 1. The lowest BCUT2D eigenvalue weighted by atomic mass is 9.85. The van der Waals surface area contributed by atoms with Gasteiger partial charge >= 0.3 is 0 Å². The Bertz CT molecular complexity index is 871. The number of fused-ring (bicyclic) bond motifs is 1. The van der Waals surface area contributed by atoms with Crippen molar-refractivity contribution in [1.29, 1.82) is 0 Å². The van der Waals surface area contributed by atoms with Gasteiger partial charge in [-0.3, -0.25) is 9.69 Å². The van der Waals surface area contributed by atoms with Gasteiger partial charge in [0, 0.05) is 48.1 Å². The number of benzene rings is 2. The van der Waals surface area contributed by atoms with E-state index in [2.05, 4.69) is 29.3 Å². The first-order chi connectivity index (χ1) is 13.3. The van der Waals surface area contributed by atoms with Crippen LogP contribution in [0.15, 0.2) is 42.5 Å². The molecule has 2 aromatic rings. The fourth-order valence-electron chi connectivity index (χ4n) is 4.84. The third-order valence-electron chi connectivity index (χ3n) is 6.14. The van der Waals surface area contributed by atoms with Crippen LogP contribution in [-0.4, -0.2) is 41.5 Å². The van der Waals surface area contributed by atoms with Crippen molar-refractivity contribution in [2.75, 3.05) is 19.6 Å². The van der Waals surface area contributed by atoms with Crippen molar-refractivity contribution < 1.29 is 4.79 Å². The highest BCUT2D eigenvalue weighted by Gasteiger charge is 2.49. The number of nitrogens with one attached hydrogen (secondary N) is 1. The second kappa shape index (κ2) is 7.34. The van der Waals surface area contributed by atoms with Crippen LogP contribution in [-0.2, 0) is 24.1 Å². The molecule has 6 heteroatoms. The van der Waals surface area contributed by atoms with E-state index in [0.29, 0.717) is 22.9 Å². The van der Waals surface area contributed by atoms with Gasteiger partial charge in [-0.15, -0.1) is 0 Å². The normalized spacial score (nSPS) is 24.1. The standard InChI is InChI=1S/C22H25Cl2N3O/c1-21(11-15-8-18(23)10-19(24)9-15)14-27(7-6-26-21)22(20(25)28)12-16-4-2-3-5-17(16)13-22/h2-5,8-10,26H,6-7,11-14H2,1H3,(H2,25,28). The predicted octanol–water partition coefficient (Wildman–Crippen LogP) is 3.22. The van der Waals surface area contributed by atoms with Crippen molar-refractivity contribution in [3.05, 3.63) is 69.2 Å². The number of carbonyl (C=O) groups excluding carboxylic acids is 1. The molecule has 0 radical (unpaired) electrons. The minimum absolute atomic E-state index is 0.205.